The number of anilines is 1. The molecule has 42 heavy (non-hydrogen) atoms. The number of fused-ring (bicyclic) bond motifs is 2. The van der Waals surface area contributed by atoms with E-state index in [0.29, 0.717) is 12.1 Å². The second kappa shape index (κ2) is 10.1. The van der Waals surface area contributed by atoms with Gasteiger partial charge in [-0.25, -0.2) is 0 Å². The van der Waals surface area contributed by atoms with Crippen LogP contribution in [0.2, 0.25) is 0 Å². The highest BCUT2D eigenvalue weighted by atomic mass is 16.2. The predicted molar refractivity (Wildman–Crippen MR) is 163 cm³/mol. The average molecular weight is 544 g/mol. The number of pyridine rings is 3. The van der Waals surface area contributed by atoms with E-state index >= 15 is 4.79 Å². The number of carbonyl (C=O) groups is 1. The molecule has 3 aromatic carbocycles. The summed E-state index contributed by atoms with van der Waals surface area (Å²) in [5.74, 6) is -0.0316. The maximum atomic E-state index is 15.1. The highest BCUT2D eigenvalue weighted by Crippen LogP contribution is 2.53. The summed E-state index contributed by atoms with van der Waals surface area (Å²) in [6.45, 7) is 2.45. The van der Waals surface area contributed by atoms with Gasteiger partial charge in [0.25, 0.3) is 0 Å². The fourth-order valence-electron chi connectivity index (χ4n) is 6.32. The number of nitrogens with zero attached hydrogens (tertiary/aromatic N) is 5. The van der Waals surface area contributed by atoms with Gasteiger partial charge < -0.3 is 4.90 Å². The first kappa shape index (κ1) is 25.3. The van der Waals surface area contributed by atoms with E-state index in [9.17, 15) is 5.26 Å². The first-order valence-corrected chi connectivity index (χ1v) is 13.7. The molecular formula is C36H25N5O. The molecule has 0 saturated heterocycles. The zero-order chi connectivity index (χ0) is 28.7. The Morgan fingerprint density at radius 1 is 0.786 bits per heavy atom. The average Bonchev–Trinajstić information content (AvgIpc) is 3.30. The fourth-order valence-corrected chi connectivity index (χ4v) is 6.32. The summed E-state index contributed by atoms with van der Waals surface area (Å²) in [5.41, 5.74) is 7.88. The lowest BCUT2D eigenvalue weighted by Gasteiger charge is -2.31. The lowest BCUT2D eigenvalue weighted by molar-refractivity contribution is -0.120. The van der Waals surface area contributed by atoms with Crippen LogP contribution in [-0.4, -0.2) is 20.9 Å². The second-order valence-electron chi connectivity index (χ2n) is 10.5. The van der Waals surface area contributed by atoms with Gasteiger partial charge in [-0.2, -0.15) is 5.26 Å². The number of amides is 1. The van der Waals surface area contributed by atoms with Crippen LogP contribution >= 0.6 is 0 Å². The molecule has 0 aliphatic carbocycles. The molecule has 1 aliphatic heterocycles. The Morgan fingerprint density at radius 2 is 1.45 bits per heavy atom. The van der Waals surface area contributed by atoms with Gasteiger partial charge >= 0.3 is 0 Å². The Labute approximate surface area is 243 Å². The van der Waals surface area contributed by atoms with Crippen LogP contribution in [0.4, 0.5) is 5.69 Å². The zero-order valence-corrected chi connectivity index (χ0v) is 22.9. The molecule has 0 N–H and O–H groups in total. The van der Waals surface area contributed by atoms with Crippen LogP contribution in [0.25, 0.3) is 22.0 Å². The molecule has 0 fully saturated rings. The summed E-state index contributed by atoms with van der Waals surface area (Å²) >= 11 is 0. The van der Waals surface area contributed by atoms with E-state index in [1.54, 1.807) is 31.0 Å². The van der Waals surface area contributed by atoms with Crippen molar-refractivity contribution in [3.8, 4) is 17.2 Å². The molecule has 1 amide bonds. The highest BCUT2D eigenvalue weighted by molar-refractivity contribution is 6.14. The van der Waals surface area contributed by atoms with Gasteiger partial charge in [-0.05, 0) is 94.9 Å². The van der Waals surface area contributed by atoms with E-state index in [-0.39, 0.29) is 5.91 Å². The molecule has 0 saturated carbocycles. The van der Waals surface area contributed by atoms with Gasteiger partial charge in [0.1, 0.15) is 5.41 Å². The number of hydrogen-bond donors (Lipinski definition) is 0. The van der Waals surface area contributed by atoms with Crippen LogP contribution in [0.3, 0.4) is 0 Å². The third-order valence-corrected chi connectivity index (χ3v) is 8.19. The van der Waals surface area contributed by atoms with Crippen molar-refractivity contribution in [2.45, 2.75) is 18.9 Å². The maximum absolute atomic E-state index is 15.1. The van der Waals surface area contributed by atoms with E-state index in [4.69, 9.17) is 0 Å². The molecule has 0 bridgehead atoms. The van der Waals surface area contributed by atoms with Crippen molar-refractivity contribution in [3.63, 3.8) is 0 Å². The Bertz CT molecular complexity index is 1950. The quantitative estimate of drug-likeness (QED) is 0.240. The molecule has 0 atom stereocenters. The summed E-state index contributed by atoms with van der Waals surface area (Å²) < 4.78 is 0. The Morgan fingerprint density at radius 3 is 2.12 bits per heavy atom. The number of hydrogen-bond acceptors (Lipinski definition) is 5. The fraction of sp³-hybridized carbons (Fsp3) is 0.0833. The van der Waals surface area contributed by atoms with Crippen molar-refractivity contribution in [2.75, 3.05) is 4.90 Å². The van der Waals surface area contributed by atoms with Gasteiger partial charge in [-0.1, -0.05) is 36.4 Å². The van der Waals surface area contributed by atoms with Crippen molar-refractivity contribution < 1.29 is 4.79 Å². The third kappa shape index (κ3) is 3.87. The lowest BCUT2D eigenvalue weighted by Crippen LogP contribution is -2.42. The molecule has 3 aromatic heterocycles. The van der Waals surface area contributed by atoms with Gasteiger partial charge in [-0.3, -0.25) is 19.7 Å². The zero-order valence-electron chi connectivity index (χ0n) is 22.9. The maximum Gasteiger partial charge on any atom is 0.247 e. The van der Waals surface area contributed by atoms with Crippen LogP contribution < -0.4 is 4.90 Å². The monoisotopic (exact) mass is 543 g/mol. The number of aromatic nitrogens is 3. The topological polar surface area (TPSA) is 82.8 Å². The molecule has 0 spiro atoms. The largest absolute Gasteiger partial charge is 0.306 e. The van der Waals surface area contributed by atoms with Crippen LogP contribution in [0.1, 0.15) is 33.4 Å². The van der Waals surface area contributed by atoms with Crippen molar-refractivity contribution >= 4 is 22.5 Å². The van der Waals surface area contributed by atoms with Gasteiger partial charge in [0.15, 0.2) is 0 Å². The van der Waals surface area contributed by atoms with Gasteiger partial charge in [0.2, 0.25) is 5.91 Å². The van der Waals surface area contributed by atoms with E-state index in [1.165, 1.54) is 0 Å². The molecule has 7 rings (SSSR count). The van der Waals surface area contributed by atoms with Crippen LogP contribution in [-0.2, 0) is 16.8 Å². The Kier molecular flexibility index (Phi) is 6.06. The number of carbonyl (C=O) groups excluding carboxylic acids is 1. The number of benzene rings is 3. The number of rotatable bonds is 5. The molecule has 6 aromatic rings. The number of para-hydroxylation sites is 1. The van der Waals surface area contributed by atoms with Crippen molar-refractivity contribution in [1.82, 2.24) is 15.0 Å². The van der Waals surface area contributed by atoms with Crippen molar-refractivity contribution in [1.29, 1.82) is 5.26 Å². The minimum atomic E-state index is -1.09. The Balaban J connectivity index is 1.51. The van der Waals surface area contributed by atoms with E-state index in [2.05, 4.69) is 46.1 Å². The summed E-state index contributed by atoms with van der Waals surface area (Å²) in [6.07, 6.45) is 8.77. The minimum Gasteiger partial charge on any atom is -0.306 e. The van der Waals surface area contributed by atoms with E-state index in [1.807, 2.05) is 77.7 Å². The predicted octanol–water partition coefficient (Wildman–Crippen LogP) is 6.75. The summed E-state index contributed by atoms with van der Waals surface area (Å²) in [6, 6.07) is 31.7. The molecule has 200 valence electrons. The molecule has 0 radical (unpaired) electrons. The standard InChI is InChI=1S/C36H25N5O/c1-24-20-28(26-8-6-25(22-37)7-9-26)21-33-34(24)36(29-11-15-38-16-12-29,30-13-17-39-18-14-30)35(42)41(33)23-27-10-19-40-32-5-3-2-4-31(27)32/h2-21H,23H2,1H3. The number of aryl methyl sites for hydroxylation is 1. The normalized spacial score (nSPS) is 13.6. The molecule has 4 heterocycles. The summed E-state index contributed by atoms with van der Waals surface area (Å²) in [7, 11) is 0. The molecule has 6 heteroatoms. The van der Waals surface area contributed by atoms with Gasteiger partial charge in [-0.15, -0.1) is 0 Å². The van der Waals surface area contributed by atoms with E-state index < -0.39 is 5.41 Å². The van der Waals surface area contributed by atoms with Crippen LogP contribution in [0, 0.1) is 18.3 Å². The van der Waals surface area contributed by atoms with Crippen molar-refractivity contribution in [3.05, 3.63) is 155 Å². The minimum absolute atomic E-state index is 0.0316. The second-order valence-corrected chi connectivity index (χ2v) is 10.5. The Hall–Kier alpha value is -5.67. The smallest absolute Gasteiger partial charge is 0.247 e. The third-order valence-electron chi connectivity index (χ3n) is 8.19. The molecule has 6 nitrogen and oxygen atoms in total. The summed E-state index contributed by atoms with van der Waals surface area (Å²) in [4.78, 5) is 30.1. The lowest BCUT2D eigenvalue weighted by atomic mass is 9.69. The molecular weight excluding hydrogens is 518 g/mol. The first-order valence-electron chi connectivity index (χ1n) is 13.7. The van der Waals surface area contributed by atoms with Crippen LogP contribution in [0.15, 0.2) is 122 Å². The van der Waals surface area contributed by atoms with Gasteiger partial charge in [0, 0.05) is 47.6 Å². The van der Waals surface area contributed by atoms with Crippen LogP contribution in [0.5, 0.6) is 0 Å². The first-order chi connectivity index (χ1) is 20.6. The summed E-state index contributed by atoms with van der Waals surface area (Å²) in [5, 5.41) is 10.3. The van der Waals surface area contributed by atoms with Crippen molar-refractivity contribution in [2.24, 2.45) is 0 Å². The van der Waals surface area contributed by atoms with Gasteiger partial charge in [0.05, 0.1) is 23.7 Å². The van der Waals surface area contributed by atoms with E-state index in [0.717, 1.165) is 55.5 Å². The number of nitriles is 1. The highest BCUT2D eigenvalue weighted by Gasteiger charge is 2.54. The SMILES string of the molecule is Cc1cc(-c2ccc(C#N)cc2)cc2c1C(c1ccncc1)(c1ccncc1)C(=O)N2Cc1ccnc2ccccc12. The molecule has 0 unspecified atom stereocenters. The molecule has 1 aliphatic rings.